The van der Waals surface area contributed by atoms with Crippen molar-refractivity contribution in [3.8, 4) is 5.75 Å². The molecule has 0 unspecified atom stereocenters. The van der Waals surface area contributed by atoms with E-state index in [9.17, 15) is 0 Å². The summed E-state index contributed by atoms with van der Waals surface area (Å²) in [6.45, 7) is 2.28. The maximum atomic E-state index is 5.82. The van der Waals surface area contributed by atoms with Gasteiger partial charge in [0, 0.05) is 23.4 Å². The molecule has 0 aromatic heterocycles. The van der Waals surface area contributed by atoms with E-state index >= 15 is 0 Å². The van der Waals surface area contributed by atoms with Crippen LogP contribution >= 0.6 is 27.5 Å². The van der Waals surface area contributed by atoms with E-state index in [-0.39, 0.29) is 0 Å². The average molecular weight is 355 g/mol. The Morgan fingerprint density at radius 2 is 1.80 bits per heavy atom. The van der Waals surface area contributed by atoms with E-state index in [2.05, 4.69) is 33.4 Å². The first-order valence-corrected chi connectivity index (χ1v) is 7.83. The van der Waals surface area contributed by atoms with Gasteiger partial charge in [0.05, 0.1) is 0 Å². The van der Waals surface area contributed by atoms with Gasteiger partial charge in [-0.25, -0.2) is 0 Å². The number of hydrogen-bond acceptors (Lipinski definition) is 2. The highest BCUT2D eigenvalue weighted by Crippen LogP contribution is 2.15. The van der Waals surface area contributed by atoms with E-state index in [1.165, 1.54) is 5.56 Å². The molecule has 0 aliphatic rings. The molecule has 2 aromatic rings. The Hall–Kier alpha value is -1.03. The summed E-state index contributed by atoms with van der Waals surface area (Å²) in [6.07, 6.45) is 0. The number of benzene rings is 2. The third-order valence-electron chi connectivity index (χ3n) is 2.84. The van der Waals surface area contributed by atoms with Gasteiger partial charge in [-0.3, -0.25) is 0 Å². The fourth-order valence-electron chi connectivity index (χ4n) is 1.83. The number of ether oxygens (including phenoxy) is 1. The molecule has 0 radical (unpaired) electrons. The van der Waals surface area contributed by atoms with Gasteiger partial charge < -0.3 is 10.1 Å². The molecule has 20 heavy (non-hydrogen) atoms. The molecule has 0 amide bonds. The van der Waals surface area contributed by atoms with Crippen molar-refractivity contribution in [1.82, 2.24) is 5.32 Å². The minimum absolute atomic E-state index is 0.556. The normalized spacial score (nSPS) is 10.5. The largest absolute Gasteiger partial charge is 0.492 e. The summed E-state index contributed by atoms with van der Waals surface area (Å²) >= 11 is 9.22. The second-order valence-corrected chi connectivity index (χ2v) is 5.62. The Bertz CT molecular complexity index is 530. The quantitative estimate of drug-likeness (QED) is 0.589. The van der Waals surface area contributed by atoms with Gasteiger partial charge in [0.1, 0.15) is 12.4 Å². The average Bonchev–Trinajstić information content (AvgIpc) is 2.49. The first kappa shape index (κ1) is 15.4. The van der Waals surface area contributed by atoms with Crippen molar-refractivity contribution in [3.05, 3.63) is 64.1 Å². The van der Waals surface area contributed by atoms with Crippen molar-refractivity contribution >= 4 is 27.5 Å². The Balaban J connectivity index is 1.67. The van der Waals surface area contributed by atoms with Crippen LogP contribution < -0.4 is 10.1 Å². The summed E-state index contributed by atoms with van der Waals surface area (Å²) in [5.41, 5.74) is 2.39. The molecule has 2 aromatic carbocycles. The molecule has 0 saturated heterocycles. The smallest absolute Gasteiger partial charge is 0.119 e. The second-order valence-electron chi connectivity index (χ2n) is 4.43. The lowest BCUT2D eigenvalue weighted by atomic mass is 10.1. The highest BCUT2D eigenvalue weighted by Gasteiger charge is 1.96. The van der Waals surface area contributed by atoms with Crippen molar-refractivity contribution in [2.45, 2.75) is 12.4 Å². The van der Waals surface area contributed by atoms with Crippen LogP contribution in [0.4, 0.5) is 0 Å². The summed E-state index contributed by atoms with van der Waals surface area (Å²) in [7, 11) is 0. The number of rotatable bonds is 7. The molecule has 0 fully saturated rings. The third kappa shape index (κ3) is 5.16. The Kier molecular flexibility index (Phi) is 6.37. The molecule has 0 spiro atoms. The number of nitrogens with one attached hydrogen (secondary N) is 1. The van der Waals surface area contributed by atoms with E-state index in [0.717, 1.165) is 28.9 Å². The van der Waals surface area contributed by atoms with E-state index in [1.54, 1.807) is 0 Å². The summed E-state index contributed by atoms with van der Waals surface area (Å²) in [6, 6.07) is 16.1. The van der Waals surface area contributed by atoms with E-state index in [4.69, 9.17) is 16.3 Å². The van der Waals surface area contributed by atoms with Crippen LogP contribution in [0.2, 0.25) is 0 Å². The van der Waals surface area contributed by atoms with Crippen molar-refractivity contribution < 1.29 is 4.74 Å². The zero-order valence-corrected chi connectivity index (χ0v) is 13.5. The lowest BCUT2D eigenvalue weighted by molar-refractivity contribution is 0.313. The van der Waals surface area contributed by atoms with Crippen molar-refractivity contribution in [2.24, 2.45) is 0 Å². The number of hydrogen-bond donors (Lipinski definition) is 1. The first-order chi connectivity index (χ1) is 9.78. The van der Waals surface area contributed by atoms with E-state index in [0.29, 0.717) is 12.5 Å². The third-order valence-corrected chi connectivity index (χ3v) is 3.67. The minimum Gasteiger partial charge on any atom is -0.492 e. The van der Waals surface area contributed by atoms with Gasteiger partial charge in [0.2, 0.25) is 0 Å². The number of alkyl halides is 1. The molecular weight excluding hydrogens is 338 g/mol. The van der Waals surface area contributed by atoms with Crippen LogP contribution in [-0.2, 0) is 12.4 Å². The molecule has 2 nitrogen and oxygen atoms in total. The van der Waals surface area contributed by atoms with Gasteiger partial charge in [0.15, 0.2) is 0 Å². The summed E-state index contributed by atoms with van der Waals surface area (Å²) in [5.74, 6) is 1.44. The standard InChI is InChI=1S/C16H17BrClNO/c17-15-4-6-16(7-5-15)20-9-8-19-12-14-3-1-2-13(10-14)11-18/h1-7,10,19H,8-9,11-12H2. The Morgan fingerprint density at radius 3 is 2.55 bits per heavy atom. The molecule has 0 aliphatic carbocycles. The zero-order valence-electron chi connectivity index (χ0n) is 11.1. The van der Waals surface area contributed by atoms with Crippen molar-refractivity contribution in [2.75, 3.05) is 13.2 Å². The molecule has 0 heterocycles. The minimum atomic E-state index is 0.556. The van der Waals surface area contributed by atoms with E-state index < -0.39 is 0 Å². The summed E-state index contributed by atoms with van der Waals surface area (Å²) < 4.78 is 6.70. The Labute approximate surface area is 133 Å². The molecule has 0 atom stereocenters. The van der Waals surface area contributed by atoms with Gasteiger partial charge >= 0.3 is 0 Å². The molecule has 106 valence electrons. The summed E-state index contributed by atoms with van der Waals surface area (Å²) in [5, 5.41) is 3.36. The fraction of sp³-hybridized carbons (Fsp3) is 0.250. The van der Waals surface area contributed by atoms with Crippen LogP contribution in [0.1, 0.15) is 11.1 Å². The molecule has 0 saturated carbocycles. The zero-order chi connectivity index (χ0) is 14.2. The lowest BCUT2D eigenvalue weighted by Crippen LogP contribution is -2.20. The molecule has 4 heteroatoms. The maximum absolute atomic E-state index is 5.82. The highest BCUT2D eigenvalue weighted by molar-refractivity contribution is 9.10. The lowest BCUT2D eigenvalue weighted by Gasteiger charge is -2.08. The molecule has 0 bridgehead atoms. The van der Waals surface area contributed by atoms with Gasteiger partial charge in [0.25, 0.3) is 0 Å². The molecular formula is C16H17BrClNO. The van der Waals surface area contributed by atoms with E-state index in [1.807, 2.05) is 36.4 Å². The SMILES string of the molecule is ClCc1cccc(CNCCOc2ccc(Br)cc2)c1. The Morgan fingerprint density at radius 1 is 1.05 bits per heavy atom. The van der Waals surface area contributed by atoms with Crippen LogP contribution in [0.3, 0.4) is 0 Å². The predicted octanol–water partition coefficient (Wildman–Crippen LogP) is 4.36. The highest BCUT2D eigenvalue weighted by atomic mass is 79.9. The molecule has 0 aliphatic heterocycles. The van der Waals surface area contributed by atoms with Crippen LogP contribution in [0, 0.1) is 0 Å². The van der Waals surface area contributed by atoms with Gasteiger partial charge in [-0.1, -0.05) is 40.2 Å². The maximum Gasteiger partial charge on any atom is 0.119 e. The van der Waals surface area contributed by atoms with Crippen LogP contribution in [0.15, 0.2) is 53.0 Å². The fourth-order valence-corrected chi connectivity index (χ4v) is 2.26. The van der Waals surface area contributed by atoms with Crippen LogP contribution in [0.5, 0.6) is 5.75 Å². The van der Waals surface area contributed by atoms with Crippen molar-refractivity contribution in [1.29, 1.82) is 0 Å². The topological polar surface area (TPSA) is 21.3 Å². The number of halogens is 2. The monoisotopic (exact) mass is 353 g/mol. The predicted molar refractivity (Wildman–Crippen MR) is 87.3 cm³/mol. The van der Waals surface area contributed by atoms with Crippen LogP contribution in [-0.4, -0.2) is 13.2 Å². The van der Waals surface area contributed by atoms with Gasteiger partial charge in [-0.15, -0.1) is 11.6 Å². The van der Waals surface area contributed by atoms with Crippen molar-refractivity contribution in [3.63, 3.8) is 0 Å². The van der Waals surface area contributed by atoms with Gasteiger partial charge in [-0.05, 0) is 35.4 Å². The van der Waals surface area contributed by atoms with Gasteiger partial charge in [-0.2, -0.15) is 0 Å². The molecule has 2 rings (SSSR count). The van der Waals surface area contributed by atoms with Crippen LogP contribution in [0.25, 0.3) is 0 Å². The second kappa shape index (κ2) is 8.30. The summed E-state index contributed by atoms with van der Waals surface area (Å²) in [4.78, 5) is 0. The first-order valence-electron chi connectivity index (χ1n) is 6.51. The molecule has 1 N–H and O–H groups in total.